The highest BCUT2D eigenvalue weighted by Gasteiger charge is 2.30. The van der Waals surface area contributed by atoms with Crippen molar-refractivity contribution < 1.29 is 32.4 Å². The number of alkyl halides is 3. The number of amides is 1. The molecule has 0 saturated carbocycles. The fourth-order valence-corrected chi connectivity index (χ4v) is 2.93. The average molecular weight is 472 g/mol. The van der Waals surface area contributed by atoms with Crippen molar-refractivity contribution in [2.75, 3.05) is 27.9 Å². The van der Waals surface area contributed by atoms with Crippen molar-refractivity contribution >= 4 is 28.9 Å². The summed E-state index contributed by atoms with van der Waals surface area (Å²) in [7, 11) is 4.11. The van der Waals surface area contributed by atoms with E-state index in [1.807, 2.05) is 0 Å². The molecule has 32 heavy (non-hydrogen) atoms. The molecule has 0 heterocycles. The predicted octanol–water partition coefficient (Wildman–Crippen LogP) is 4.02. The number of likely N-dealkylation sites (N-methyl/N-ethyl adjacent to an activating group) is 1. The molecule has 0 aromatic heterocycles. The average Bonchev–Trinajstić information content (AvgIpc) is 2.77. The molecule has 2 rings (SSSR count). The van der Waals surface area contributed by atoms with Gasteiger partial charge >= 0.3 is 6.18 Å². The van der Waals surface area contributed by atoms with Gasteiger partial charge in [-0.3, -0.25) is 4.79 Å². The number of carbonyl (C=O) groups excluding carboxylic acids is 1. The molecule has 0 fully saturated rings. The quantitative estimate of drug-likeness (QED) is 0.442. The van der Waals surface area contributed by atoms with E-state index in [2.05, 4.69) is 15.6 Å². The van der Waals surface area contributed by atoms with E-state index in [0.717, 1.165) is 12.1 Å². The van der Waals surface area contributed by atoms with Gasteiger partial charge in [0.15, 0.2) is 5.71 Å². The van der Waals surface area contributed by atoms with E-state index in [-0.39, 0.29) is 35.2 Å². The van der Waals surface area contributed by atoms with E-state index in [1.165, 1.54) is 33.4 Å². The molecule has 2 aromatic rings. The lowest BCUT2D eigenvalue weighted by Crippen LogP contribution is -2.29. The molecule has 11 heteroatoms. The highest BCUT2D eigenvalue weighted by atomic mass is 35.5. The summed E-state index contributed by atoms with van der Waals surface area (Å²) in [6, 6.07) is 9.46. The first-order valence-corrected chi connectivity index (χ1v) is 9.57. The summed E-state index contributed by atoms with van der Waals surface area (Å²) >= 11 is 6.28. The van der Waals surface area contributed by atoms with Crippen LogP contribution in [-0.2, 0) is 32.0 Å². The van der Waals surface area contributed by atoms with Gasteiger partial charge in [0.25, 0.3) is 5.91 Å². The minimum Gasteiger partial charge on any atom is -0.398 e. The molecule has 1 N–H and O–H groups in total. The molecule has 7 nitrogen and oxygen atoms in total. The molecule has 0 atom stereocenters. The van der Waals surface area contributed by atoms with Crippen LogP contribution in [0.4, 0.5) is 13.2 Å². The summed E-state index contributed by atoms with van der Waals surface area (Å²) < 4.78 is 44.2. The van der Waals surface area contributed by atoms with Gasteiger partial charge in [-0.25, -0.2) is 0 Å². The van der Waals surface area contributed by atoms with Crippen molar-refractivity contribution in [1.29, 1.82) is 0 Å². The standard InChI is InChI=1S/C21H21ClF3N3O4/c1-26-20(29)19(28-31-3)15-8-5-9-17(22)16(15)11-32-27-18(12-30-2)13-6-4-7-14(10-13)21(23,24)25/h4-10H,11-12H2,1-3H3,(H,26,29)/b27-18+,28-19+. The zero-order valence-corrected chi connectivity index (χ0v) is 18.3. The number of oxime groups is 2. The molecule has 0 aliphatic heterocycles. The maximum absolute atomic E-state index is 13.0. The van der Waals surface area contributed by atoms with E-state index in [4.69, 9.17) is 26.0 Å². The molecule has 0 radical (unpaired) electrons. The second-order valence-corrected chi connectivity index (χ2v) is 6.70. The summed E-state index contributed by atoms with van der Waals surface area (Å²) in [5, 5.41) is 10.4. The van der Waals surface area contributed by atoms with Gasteiger partial charge in [-0.2, -0.15) is 13.2 Å². The van der Waals surface area contributed by atoms with Gasteiger partial charge in [0.2, 0.25) is 0 Å². The van der Waals surface area contributed by atoms with Crippen LogP contribution in [-0.4, -0.2) is 45.2 Å². The van der Waals surface area contributed by atoms with Crippen LogP contribution in [0, 0.1) is 0 Å². The zero-order chi connectivity index (χ0) is 23.7. The van der Waals surface area contributed by atoms with Crippen molar-refractivity contribution in [1.82, 2.24) is 5.32 Å². The molecule has 2 aromatic carbocycles. The van der Waals surface area contributed by atoms with Gasteiger partial charge in [0.1, 0.15) is 19.4 Å². The smallest absolute Gasteiger partial charge is 0.398 e. The maximum Gasteiger partial charge on any atom is 0.416 e. The lowest BCUT2D eigenvalue weighted by Gasteiger charge is -2.13. The van der Waals surface area contributed by atoms with Gasteiger partial charge in [0.05, 0.1) is 12.2 Å². The van der Waals surface area contributed by atoms with Crippen molar-refractivity contribution in [3.63, 3.8) is 0 Å². The van der Waals surface area contributed by atoms with Crippen LogP contribution in [0.1, 0.15) is 22.3 Å². The highest BCUT2D eigenvalue weighted by molar-refractivity contribution is 6.46. The van der Waals surface area contributed by atoms with E-state index in [0.29, 0.717) is 11.1 Å². The number of carbonyl (C=O) groups is 1. The third-order valence-corrected chi connectivity index (χ3v) is 4.54. The second-order valence-electron chi connectivity index (χ2n) is 6.29. The molecular weight excluding hydrogens is 451 g/mol. The van der Waals surface area contributed by atoms with Gasteiger partial charge in [0, 0.05) is 35.9 Å². The molecular formula is C21H21ClF3N3O4. The summed E-state index contributed by atoms with van der Waals surface area (Å²) in [6.45, 7) is -0.285. The lowest BCUT2D eigenvalue weighted by atomic mass is 10.0. The van der Waals surface area contributed by atoms with Crippen LogP contribution in [0.5, 0.6) is 0 Å². The summed E-state index contributed by atoms with van der Waals surface area (Å²) in [6.07, 6.45) is -4.50. The first-order chi connectivity index (χ1) is 15.2. The number of rotatable bonds is 9. The Kier molecular flexibility index (Phi) is 9.03. The number of nitrogens with one attached hydrogen (secondary N) is 1. The van der Waals surface area contributed by atoms with E-state index >= 15 is 0 Å². The number of halogens is 4. The number of hydrogen-bond donors (Lipinski definition) is 1. The topological polar surface area (TPSA) is 81.5 Å². The minimum absolute atomic E-state index is 0.0323. The Labute approximate surface area is 187 Å². The second kappa shape index (κ2) is 11.5. The number of benzene rings is 2. The maximum atomic E-state index is 13.0. The van der Waals surface area contributed by atoms with Gasteiger partial charge < -0.3 is 19.7 Å². The minimum atomic E-state index is -4.50. The highest BCUT2D eigenvalue weighted by Crippen LogP contribution is 2.30. The van der Waals surface area contributed by atoms with Gasteiger partial charge in [-0.15, -0.1) is 0 Å². The van der Waals surface area contributed by atoms with Crippen molar-refractivity contribution in [3.05, 3.63) is 69.7 Å². The van der Waals surface area contributed by atoms with Crippen LogP contribution in [0.2, 0.25) is 5.02 Å². The van der Waals surface area contributed by atoms with Crippen molar-refractivity contribution in [3.8, 4) is 0 Å². The third kappa shape index (κ3) is 6.44. The molecule has 1 amide bonds. The molecule has 0 unspecified atom stereocenters. The van der Waals surface area contributed by atoms with Crippen LogP contribution in [0.3, 0.4) is 0 Å². The Balaban J connectivity index is 2.36. The third-order valence-electron chi connectivity index (χ3n) is 4.19. The monoisotopic (exact) mass is 471 g/mol. The van der Waals surface area contributed by atoms with E-state index in [9.17, 15) is 18.0 Å². The summed E-state index contributed by atoms with van der Waals surface area (Å²) in [5.74, 6) is -0.511. The predicted molar refractivity (Wildman–Crippen MR) is 114 cm³/mol. The van der Waals surface area contributed by atoms with Crippen LogP contribution in [0.15, 0.2) is 52.8 Å². The zero-order valence-electron chi connectivity index (χ0n) is 17.5. The Morgan fingerprint density at radius 2 is 1.84 bits per heavy atom. The molecule has 0 bridgehead atoms. The number of nitrogens with zero attached hydrogens (tertiary/aromatic N) is 2. The molecule has 0 saturated heterocycles. The van der Waals surface area contributed by atoms with E-state index < -0.39 is 17.6 Å². The van der Waals surface area contributed by atoms with Crippen molar-refractivity contribution in [2.45, 2.75) is 12.8 Å². The Morgan fingerprint density at radius 1 is 1.12 bits per heavy atom. The summed E-state index contributed by atoms with van der Waals surface area (Å²) in [5.41, 5.74) is 0.213. The van der Waals surface area contributed by atoms with Crippen LogP contribution >= 0.6 is 11.6 Å². The summed E-state index contributed by atoms with van der Waals surface area (Å²) in [4.78, 5) is 22.3. The van der Waals surface area contributed by atoms with Gasteiger partial charge in [-0.1, -0.05) is 46.2 Å². The fraction of sp³-hybridized carbons (Fsp3) is 0.286. The molecule has 0 aliphatic carbocycles. The first kappa shape index (κ1) is 25.2. The Bertz CT molecular complexity index is 1010. The van der Waals surface area contributed by atoms with Crippen LogP contribution in [0.25, 0.3) is 0 Å². The number of ether oxygens (including phenoxy) is 1. The Morgan fingerprint density at radius 3 is 2.47 bits per heavy atom. The van der Waals surface area contributed by atoms with Gasteiger partial charge in [-0.05, 0) is 18.2 Å². The first-order valence-electron chi connectivity index (χ1n) is 9.19. The van der Waals surface area contributed by atoms with Crippen LogP contribution < -0.4 is 5.32 Å². The largest absolute Gasteiger partial charge is 0.416 e. The lowest BCUT2D eigenvalue weighted by molar-refractivity contribution is -0.137. The fourth-order valence-electron chi connectivity index (χ4n) is 2.70. The molecule has 172 valence electrons. The van der Waals surface area contributed by atoms with Crippen molar-refractivity contribution in [2.24, 2.45) is 10.3 Å². The molecule has 0 aliphatic rings. The van der Waals surface area contributed by atoms with E-state index in [1.54, 1.807) is 18.2 Å². The molecule has 0 spiro atoms. The normalized spacial score (nSPS) is 12.5. The SMILES string of the molecule is CNC(=O)/C(=N/OC)c1cccc(Cl)c1CO/N=C(\COC)c1cccc(C(F)(F)F)c1. The number of methoxy groups -OCH3 is 1. The Hall–Kier alpha value is -3.11. The number of hydrogen-bond acceptors (Lipinski definition) is 6.